The molecule has 0 aromatic carbocycles. The van der Waals surface area contributed by atoms with Crippen molar-refractivity contribution < 1.29 is 14.7 Å². The molecule has 0 aliphatic heterocycles. The number of nitrogens with two attached hydrogens (primary N) is 1. The van der Waals surface area contributed by atoms with Crippen LogP contribution in [0.2, 0.25) is 0 Å². The molecule has 1 aliphatic carbocycles. The standard InChI is InChI=1S/C9H15NO3/c10-7(11)6-9(8(12)13)4-2-1-3-5-9/h1-6H2,(H2,10,11)(H,12,13). The minimum atomic E-state index is -0.869. The lowest BCUT2D eigenvalue weighted by Crippen LogP contribution is -2.37. The maximum Gasteiger partial charge on any atom is 0.310 e. The Morgan fingerprint density at radius 2 is 1.77 bits per heavy atom. The van der Waals surface area contributed by atoms with Crippen LogP contribution in [0.1, 0.15) is 38.5 Å². The molecule has 0 bridgehead atoms. The van der Waals surface area contributed by atoms with Gasteiger partial charge in [0.15, 0.2) is 0 Å². The van der Waals surface area contributed by atoms with Gasteiger partial charge >= 0.3 is 5.97 Å². The number of carboxylic acids is 1. The normalized spacial score (nSPS) is 20.9. The summed E-state index contributed by atoms with van der Waals surface area (Å²) in [7, 11) is 0. The fraction of sp³-hybridized carbons (Fsp3) is 0.778. The van der Waals surface area contributed by atoms with Crippen LogP contribution < -0.4 is 5.73 Å². The lowest BCUT2D eigenvalue weighted by molar-refractivity contribution is -0.153. The summed E-state index contributed by atoms with van der Waals surface area (Å²) in [6, 6.07) is 0. The van der Waals surface area contributed by atoms with Crippen molar-refractivity contribution in [2.24, 2.45) is 11.1 Å². The molecule has 0 spiro atoms. The molecule has 0 saturated heterocycles. The quantitative estimate of drug-likeness (QED) is 0.685. The first kappa shape index (κ1) is 10.0. The second kappa shape index (κ2) is 3.77. The molecule has 0 aromatic heterocycles. The van der Waals surface area contributed by atoms with E-state index in [1.54, 1.807) is 0 Å². The van der Waals surface area contributed by atoms with E-state index in [2.05, 4.69) is 0 Å². The highest BCUT2D eigenvalue weighted by atomic mass is 16.4. The molecular formula is C9H15NO3. The maximum atomic E-state index is 11.0. The van der Waals surface area contributed by atoms with Gasteiger partial charge in [0, 0.05) is 6.42 Å². The van der Waals surface area contributed by atoms with E-state index in [0.29, 0.717) is 12.8 Å². The van der Waals surface area contributed by atoms with Crippen molar-refractivity contribution >= 4 is 11.9 Å². The third-order valence-electron chi connectivity index (χ3n) is 2.78. The van der Waals surface area contributed by atoms with Gasteiger partial charge < -0.3 is 10.8 Å². The van der Waals surface area contributed by atoms with Crippen molar-refractivity contribution in [3.8, 4) is 0 Å². The van der Waals surface area contributed by atoms with Gasteiger partial charge in [0.1, 0.15) is 0 Å². The fourth-order valence-electron chi connectivity index (χ4n) is 2.03. The molecule has 1 aliphatic rings. The van der Waals surface area contributed by atoms with Gasteiger partial charge in [0.05, 0.1) is 5.41 Å². The minimum absolute atomic E-state index is 0.0116. The van der Waals surface area contributed by atoms with E-state index in [1.807, 2.05) is 0 Å². The molecule has 4 heteroatoms. The smallest absolute Gasteiger partial charge is 0.310 e. The predicted octanol–water partition coefficient (Wildman–Crippen LogP) is 0.897. The van der Waals surface area contributed by atoms with Crippen LogP contribution in [0.3, 0.4) is 0 Å². The van der Waals surface area contributed by atoms with Crippen LogP contribution in [0, 0.1) is 5.41 Å². The van der Waals surface area contributed by atoms with Crippen LogP contribution in [0.15, 0.2) is 0 Å². The van der Waals surface area contributed by atoms with Gasteiger partial charge in [0.2, 0.25) is 5.91 Å². The second-order valence-electron chi connectivity index (χ2n) is 3.79. The Kier molecular flexibility index (Phi) is 2.90. The van der Waals surface area contributed by atoms with Crippen molar-refractivity contribution in [2.75, 3.05) is 0 Å². The number of primary amides is 1. The molecule has 13 heavy (non-hydrogen) atoms. The van der Waals surface area contributed by atoms with Crippen LogP contribution in [0.5, 0.6) is 0 Å². The van der Waals surface area contributed by atoms with Crippen molar-refractivity contribution in [2.45, 2.75) is 38.5 Å². The van der Waals surface area contributed by atoms with Crippen LogP contribution >= 0.6 is 0 Å². The molecule has 0 atom stereocenters. The summed E-state index contributed by atoms with van der Waals surface area (Å²) < 4.78 is 0. The molecule has 1 rings (SSSR count). The molecular weight excluding hydrogens is 170 g/mol. The fourth-order valence-corrected chi connectivity index (χ4v) is 2.03. The van der Waals surface area contributed by atoms with Crippen molar-refractivity contribution in [1.29, 1.82) is 0 Å². The third-order valence-corrected chi connectivity index (χ3v) is 2.78. The van der Waals surface area contributed by atoms with Crippen molar-refractivity contribution in [1.82, 2.24) is 0 Å². The molecule has 1 fully saturated rings. The van der Waals surface area contributed by atoms with Gasteiger partial charge in [0.25, 0.3) is 0 Å². The van der Waals surface area contributed by atoms with E-state index in [0.717, 1.165) is 19.3 Å². The summed E-state index contributed by atoms with van der Waals surface area (Å²) in [5.41, 5.74) is 4.19. The summed E-state index contributed by atoms with van der Waals surface area (Å²) in [6.45, 7) is 0. The van der Waals surface area contributed by atoms with Gasteiger partial charge in [-0.05, 0) is 12.8 Å². The lowest BCUT2D eigenvalue weighted by atomic mass is 9.72. The Balaban J connectivity index is 2.73. The Labute approximate surface area is 77.1 Å². The Hall–Kier alpha value is -1.06. The van der Waals surface area contributed by atoms with Crippen LogP contribution in [-0.4, -0.2) is 17.0 Å². The number of hydrogen-bond donors (Lipinski definition) is 2. The van der Waals surface area contributed by atoms with E-state index in [4.69, 9.17) is 10.8 Å². The maximum absolute atomic E-state index is 11.0. The van der Waals surface area contributed by atoms with Crippen molar-refractivity contribution in [3.63, 3.8) is 0 Å². The molecule has 0 heterocycles. The van der Waals surface area contributed by atoms with Gasteiger partial charge in [-0.25, -0.2) is 0 Å². The number of aliphatic carboxylic acids is 1. The van der Waals surface area contributed by atoms with E-state index in [1.165, 1.54) is 0 Å². The zero-order valence-electron chi connectivity index (χ0n) is 7.58. The second-order valence-corrected chi connectivity index (χ2v) is 3.79. The van der Waals surface area contributed by atoms with Crippen molar-refractivity contribution in [3.05, 3.63) is 0 Å². The van der Waals surface area contributed by atoms with Gasteiger partial charge in [-0.3, -0.25) is 9.59 Å². The molecule has 0 unspecified atom stereocenters. The highest BCUT2D eigenvalue weighted by molar-refractivity contribution is 5.84. The number of carboxylic acid groups (broad SMARTS) is 1. The summed E-state index contributed by atoms with van der Waals surface area (Å²) in [4.78, 5) is 21.7. The molecule has 0 radical (unpaired) electrons. The molecule has 1 saturated carbocycles. The summed E-state index contributed by atoms with van der Waals surface area (Å²) in [5, 5.41) is 9.03. The average Bonchev–Trinajstić information content (AvgIpc) is 2.04. The van der Waals surface area contributed by atoms with E-state index in [9.17, 15) is 9.59 Å². The number of hydrogen-bond acceptors (Lipinski definition) is 2. The van der Waals surface area contributed by atoms with Crippen LogP contribution in [0.25, 0.3) is 0 Å². The minimum Gasteiger partial charge on any atom is -0.481 e. The SMILES string of the molecule is NC(=O)CC1(C(=O)O)CCCCC1. The molecule has 1 amide bonds. The summed E-state index contributed by atoms with van der Waals surface area (Å²) in [6.07, 6.45) is 4.01. The number of rotatable bonds is 3. The highest BCUT2D eigenvalue weighted by Crippen LogP contribution is 2.39. The van der Waals surface area contributed by atoms with E-state index >= 15 is 0 Å². The topological polar surface area (TPSA) is 80.4 Å². The first-order chi connectivity index (χ1) is 6.07. The first-order valence-corrected chi connectivity index (χ1v) is 4.58. The largest absolute Gasteiger partial charge is 0.481 e. The predicted molar refractivity (Wildman–Crippen MR) is 47.0 cm³/mol. The zero-order chi connectivity index (χ0) is 9.90. The molecule has 0 aromatic rings. The van der Waals surface area contributed by atoms with Gasteiger partial charge in [-0.2, -0.15) is 0 Å². The van der Waals surface area contributed by atoms with Crippen LogP contribution in [-0.2, 0) is 9.59 Å². The highest BCUT2D eigenvalue weighted by Gasteiger charge is 2.40. The Morgan fingerprint density at radius 1 is 1.23 bits per heavy atom. The number of carbonyl (C=O) groups is 2. The lowest BCUT2D eigenvalue weighted by Gasteiger charge is -2.31. The monoisotopic (exact) mass is 185 g/mol. The molecule has 3 N–H and O–H groups in total. The Morgan fingerprint density at radius 3 is 2.15 bits per heavy atom. The third kappa shape index (κ3) is 2.20. The zero-order valence-corrected chi connectivity index (χ0v) is 7.58. The Bertz CT molecular complexity index is 219. The molecule has 4 nitrogen and oxygen atoms in total. The number of carbonyl (C=O) groups excluding carboxylic acids is 1. The summed E-state index contributed by atoms with van der Waals surface area (Å²) in [5.74, 6) is -1.38. The van der Waals surface area contributed by atoms with E-state index in [-0.39, 0.29) is 6.42 Å². The van der Waals surface area contributed by atoms with Gasteiger partial charge in [-0.15, -0.1) is 0 Å². The van der Waals surface area contributed by atoms with E-state index < -0.39 is 17.3 Å². The molecule has 74 valence electrons. The summed E-state index contributed by atoms with van der Waals surface area (Å²) >= 11 is 0. The van der Waals surface area contributed by atoms with Gasteiger partial charge in [-0.1, -0.05) is 19.3 Å². The van der Waals surface area contributed by atoms with Crippen LogP contribution in [0.4, 0.5) is 0 Å². The average molecular weight is 185 g/mol. The first-order valence-electron chi connectivity index (χ1n) is 4.58. The number of amides is 1.